The molecule has 3 fully saturated rings. The van der Waals surface area contributed by atoms with E-state index in [4.69, 9.17) is 0 Å². The smallest absolute Gasteiger partial charge is 0.257 e. The lowest BCUT2D eigenvalue weighted by atomic mass is 9.80. The van der Waals surface area contributed by atoms with Crippen molar-refractivity contribution in [1.82, 2.24) is 24.9 Å². The number of nitrogens with one attached hydrogen (secondary N) is 1. The second-order valence-corrected chi connectivity index (χ2v) is 10.1. The molecule has 2 saturated heterocycles. The van der Waals surface area contributed by atoms with Gasteiger partial charge in [-0.15, -0.1) is 11.3 Å². The molecule has 29 heavy (non-hydrogen) atoms. The third-order valence-electron chi connectivity index (χ3n) is 6.55. The van der Waals surface area contributed by atoms with E-state index in [1.54, 1.807) is 17.5 Å². The summed E-state index contributed by atoms with van der Waals surface area (Å²) >= 11 is 1.60. The first-order valence-corrected chi connectivity index (χ1v) is 11.1. The minimum Gasteiger partial charge on any atom is -0.341 e. The highest BCUT2D eigenvalue weighted by atomic mass is 32.1. The van der Waals surface area contributed by atoms with Crippen molar-refractivity contribution >= 4 is 23.2 Å². The number of aromatic nitrogens is 2. The standard InChI is InChI=1S/C21H27N5O2S/c1-24(2)11-21-12-25(19(27)14-5-6-14)9-15(21)10-26(13-21)20(28)16-8-22-23-18(16)17-4-3-7-29-17/h3-4,7-8,14-15H,5-6,9-13H2,1-2H3,(H,22,23). The van der Waals surface area contributed by atoms with Crippen LogP contribution in [0.15, 0.2) is 23.7 Å². The molecule has 2 aromatic heterocycles. The lowest BCUT2D eigenvalue weighted by molar-refractivity contribution is -0.132. The Kier molecular flexibility index (Phi) is 4.51. The molecule has 1 saturated carbocycles. The van der Waals surface area contributed by atoms with Gasteiger partial charge in [0, 0.05) is 50.0 Å². The number of rotatable bonds is 5. The summed E-state index contributed by atoms with van der Waals surface area (Å²) in [6, 6.07) is 3.98. The monoisotopic (exact) mass is 413 g/mol. The predicted molar refractivity (Wildman–Crippen MR) is 112 cm³/mol. The Morgan fingerprint density at radius 3 is 2.72 bits per heavy atom. The van der Waals surface area contributed by atoms with Crippen molar-refractivity contribution < 1.29 is 9.59 Å². The van der Waals surface area contributed by atoms with E-state index in [9.17, 15) is 9.59 Å². The van der Waals surface area contributed by atoms with E-state index in [-0.39, 0.29) is 17.2 Å². The van der Waals surface area contributed by atoms with Crippen molar-refractivity contribution in [3.8, 4) is 10.6 Å². The van der Waals surface area contributed by atoms with Crippen molar-refractivity contribution in [3.05, 3.63) is 29.3 Å². The molecule has 7 nitrogen and oxygen atoms in total. The molecule has 2 aromatic rings. The van der Waals surface area contributed by atoms with Crippen LogP contribution in [0.3, 0.4) is 0 Å². The molecule has 3 aliphatic rings. The number of thiophene rings is 1. The van der Waals surface area contributed by atoms with Crippen LogP contribution < -0.4 is 0 Å². The maximum absolute atomic E-state index is 13.4. The first-order valence-electron chi connectivity index (χ1n) is 10.3. The summed E-state index contributed by atoms with van der Waals surface area (Å²) in [6.07, 6.45) is 3.72. The van der Waals surface area contributed by atoms with Gasteiger partial charge >= 0.3 is 0 Å². The molecule has 2 amide bonds. The van der Waals surface area contributed by atoms with Crippen LogP contribution in [0.25, 0.3) is 10.6 Å². The zero-order valence-corrected chi connectivity index (χ0v) is 17.7. The fraction of sp³-hybridized carbons (Fsp3) is 0.571. The Balaban J connectivity index is 1.37. The third kappa shape index (κ3) is 3.28. The fourth-order valence-electron chi connectivity index (χ4n) is 5.17. The first kappa shape index (κ1) is 18.8. The van der Waals surface area contributed by atoms with E-state index < -0.39 is 0 Å². The Labute approximate surface area is 174 Å². The fourth-order valence-corrected chi connectivity index (χ4v) is 5.91. The minimum absolute atomic E-state index is 0.0368. The number of nitrogens with zero attached hydrogens (tertiary/aromatic N) is 4. The van der Waals surface area contributed by atoms with Gasteiger partial charge in [-0.3, -0.25) is 14.7 Å². The number of carbonyl (C=O) groups is 2. The van der Waals surface area contributed by atoms with Crippen LogP contribution in [-0.4, -0.2) is 83.5 Å². The van der Waals surface area contributed by atoms with Crippen molar-refractivity contribution in [2.45, 2.75) is 12.8 Å². The van der Waals surface area contributed by atoms with Gasteiger partial charge in [-0.2, -0.15) is 5.10 Å². The molecule has 1 N–H and O–H groups in total. The van der Waals surface area contributed by atoms with Crippen LogP contribution in [0.1, 0.15) is 23.2 Å². The van der Waals surface area contributed by atoms with Crippen LogP contribution >= 0.6 is 11.3 Å². The van der Waals surface area contributed by atoms with Gasteiger partial charge in [0.05, 0.1) is 22.3 Å². The number of amides is 2. The number of hydrogen-bond acceptors (Lipinski definition) is 5. The minimum atomic E-state index is -0.0451. The van der Waals surface area contributed by atoms with Gasteiger partial charge in [0.15, 0.2) is 0 Å². The second-order valence-electron chi connectivity index (χ2n) is 9.11. The Hall–Kier alpha value is -2.19. The highest BCUT2D eigenvalue weighted by molar-refractivity contribution is 7.13. The Morgan fingerprint density at radius 1 is 1.28 bits per heavy atom. The van der Waals surface area contributed by atoms with Gasteiger partial charge in [-0.05, 0) is 38.4 Å². The lowest BCUT2D eigenvalue weighted by Crippen LogP contribution is -2.44. The van der Waals surface area contributed by atoms with E-state index in [0.717, 1.165) is 43.0 Å². The molecule has 1 aliphatic carbocycles. The molecule has 0 spiro atoms. The molecular formula is C21H27N5O2S. The number of aromatic amines is 1. The molecular weight excluding hydrogens is 386 g/mol. The molecule has 2 atom stereocenters. The van der Waals surface area contributed by atoms with Crippen LogP contribution in [0.4, 0.5) is 0 Å². The number of H-pyrrole nitrogens is 1. The number of fused-ring (bicyclic) bond motifs is 1. The van der Waals surface area contributed by atoms with Crippen LogP contribution in [0.2, 0.25) is 0 Å². The molecule has 5 rings (SSSR count). The van der Waals surface area contributed by atoms with Gasteiger partial charge in [0.2, 0.25) is 5.91 Å². The quantitative estimate of drug-likeness (QED) is 0.814. The average molecular weight is 414 g/mol. The van der Waals surface area contributed by atoms with E-state index in [0.29, 0.717) is 30.5 Å². The van der Waals surface area contributed by atoms with Crippen molar-refractivity contribution in [3.63, 3.8) is 0 Å². The third-order valence-corrected chi connectivity index (χ3v) is 7.44. The normalized spacial score (nSPS) is 26.4. The highest BCUT2D eigenvalue weighted by Crippen LogP contribution is 2.45. The van der Waals surface area contributed by atoms with Gasteiger partial charge in [0.1, 0.15) is 0 Å². The summed E-state index contributed by atoms with van der Waals surface area (Å²) in [7, 11) is 4.15. The van der Waals surface area contributed by atoms with Crippen LogP contribution in [-0.2, 0) is 4.79 Å². The lowest BCUT2D eigenvalue weighted by Gasteiger charge is -2.32. The zero-order valence-electron chi connectivity index (χ0n) is 16.9. The summed E-state index contributed by atoms with van der Waals surface area (Å²) in [5.74, 6) is 0.941. The maximum Gasteiger partial charge on any atom is 0.257 e. The van der Waals surface area contributed by atoms with E-state index in [2.05, 4.69) is 34.1 Å². The second kappa shape index (κ2) is 6.95. The zero-order chi connectivity index (χ0) is 20.2. The summed E-state index contributed by atoms with van der Waals surface area (Å²) in [4.78, 5) is 33.3. The molecule has 8 heteroatoms. The predicted octanol–water partition coefficient (Wildman–Crippen LogP) is 2.01. The van der Waals surface area contributed by atoms with Crippen molar-refractivity contribution in [2.24, 2.45) is 17.3 Å². The summed E-state index contributed by atoms with van der Waals surface area (Å²) in [6.45, 7) is 3.82. The Morgan fingerprint density at radius 2 is 2.03 bits per heavy atom. The largest absolute Gasteiger partial charge is 0.341 e. The molecule has 0 bridgehead atoms. The van der Waals surface area contributed by atoms with Gasteiger partial charge < -0.3 is 14.7 Å². The topological polar surface area (TPSA) is 72.5 Å². The summed E-state index contributed by atoms with van der Waals surface area (Å²) in [5, 5.41) is 9.14. The number of carbonyl (C=O) groups excluding carboxylic acids is 2. The van der Waals surface area contributed by atoms with Crippen molar-refractivity contribution in [2.75, 3.05) is 46.8 Å². The molecule has 0 aromatic carbocycles. The summed E-state index contributed by atoms with van der Waals surface area (Å²) in [5.41, 5.74) is 1.39. The molecule has 2 unspecified atom stereocenters. The maximum atomic E-state index is 13.4. The molecule has 4 heterocycles. The van der Waals surface area contributed by atoms with Crippen LogP contribution in [0.5, 0.6) is 0 Å². The molecule has 154 valence electrons. The van der Waals surface area contributed by atoms with E-state index in [1.165, 1.54) is 0 Å². The molecule has 2 aliphatic heterocycles. The SMILES string of the molecule is CN(C)CC12CN(C(=O)c3cn[nH]c3-c3cccs3)CC1CN(C(=O)C1CC1)C2. The van der Waals surface area contributed by atoms with Gasteiger partial charge in [0.25, 0.3) is 5.91 Å². The van der Waals surface area contributed by atoms with Gasteiger partial charge in [-0.25, -0.2) is 0 Å². The van der Waals surface area contributed by atoms with E-state index in [1.807, 2.05) is 22.4 Å². The highest BCUT2D eigenvalue weighted by Gasteiger charge is 2.55. The van der Waals surface area contributed by atoms with E-state index >= 15 is 0 Å². The number of hydrogen-bond donors (Lipinski definition) is 1. The summed E-state index contributed by atoms with van der Waals surface area (Å²) < 4.78 is 0. The average Bonchev–Trinajstić information content (AvgIpc) is 3.06. The van der Waals surface area contributed by atoms with Crippen LogP contribution in [0, 0.1) is 17.3 Å². The number of likely N-dealkylation sites (tertiary alicyclic amines) is 2. The molecule has 0 radical (unpaired) electrons. The Bertz CT molecular complexity index is 919. The first-order chi connectivity index (χ1) is 14.0. The van der Waals surface area contributed by atoms with Crippen molar-refractivity contribution in [1.29, 1.82) is 0 Å². The van der Waals surface area contributed by atoms with Gasteiger partial charge in [-0.1, -0.05) is 6.07 Å².